The highest BCUT2D eigenvalue weighted by Crippen LogP contribution is 2.33. The number of hydrogen-bond donors (Lipinski definition) is 2. The van der Waals surface area contributed by atoms with Gasteiger partial charge in [-0.25, -0.2) is 12.8 Å². The van der Waals surface area contributed by atoms with Crippen LogP contribution in [-0.4, -0.2) is 43.0 Å². The third kappa shape index (κ3) is 6.42. The molecule has 10 heteroatoms. The van der Waals surface area contributed by atoms with E-state index in [1.807, 2.05) is 12.1 Å². The quantitative estimate of drug-likeness (QED) is 0.289. The Bertz CT molecular complexity index is 1550. The number of aromatic nitrogens is 1. The van der Waals surface area contributed by atoms with Crippen LogP contribution >= 0.6 is 11.6 Å². The molecule has 38 heavy (non-hydrogen) atoms. The van der Waals surface area contributed by atoms with Crippen molar-refractivity contribution in [2.75, 3.05) is 18.2 Å². The van der Waals surface area contributed by atoms with Crippen LogP contribution < -0.4 is 10.1 Å². The number of benzene rings is 3. The topological polar surface area (TPSA) is 97.6 Å². The summed E-state index contributed by atoms with van der Waals surface area (Å²) in [4.78, 5) is 13.4. The average Bonchev–Trinajstić information content (AvgIpc) is 3.19. The molecule has 3 aromatic carbocycles. The molecular weight excluding hydrogens is 531 g/mol. The number of halogens is 2. The lowest BCUT2D eigenvalue weighted by Crippen LogP contribution is -2.23. The lowest BCUT2D eigenvalue weighted by atomic mass is 10.1. The summed E-state index contributed by atoms with van der Waals surface area (Å²) in [6.07, 6.45) is 1.80. The molecule has 0 saturated heterocycles. The number of aliphatic hydroxyl groups excluding tert-OH is 1. The second-order valence-electron chi connectivity index (χ2n) is 8.82. The monoisotopic (exact) mass is 556 g/mol. The third-order valence-electron chi connectivity index (χ3n) is 5.91. The van der Waals surface area contributed by atoms with Gasteiger partial charge >= 0.3 is 0 Å². The van der Waals surface area contributed by atoms with E-state index in [9.17, 15) is 22.7 Å². The summed E-state index contributed by atoms with van der Waals surface area (Å²) in [5.41, 5.74) is 2.79. The Morgan fingerprint density at radius 2 is 1.74 bits per heavy atom. The van der Waals surface area contributed by atoms with Gasteiger partial charge in [-0.2, -0.15) is 0 Å². The molecule has 1 aromatic heterocycles. The zero-order chi connectivity index (χ0) is 27.4. The van der Waals surface area contributed by atoms with Crippen molar-refractivity contribution in [3.63, 3.8) is 0 Å². The van der Waals surface area contributed by atoms with Crippen LogP contribution in [0.4, 0.5) is 10.1 Å². The van der Waals surface area contributed by atoms with Gasteiger partial charge in [0.2, 0.25) is 0 Å². The first-order valence-corrected chi connectivity index (χ1v) is 13.9. The number of ether oxygens (including phenoxy) is 1. The Balaban J connectivity index is 1.60. The van der Waals surface area contributed by atoms with Crippen LogP contribution in [0, 0.1) is 12.7 Å². The van der Waals surface area contributed by atoms with Gasteiger partial charge in [0.1, 0.15) is 24.3 Å². The molecule has 0 aliphatic heterocycles. The molecule has 198 valence electrons. The SMILES string of the molecule is Cc1c(C(=O)Nc2ccc(S(C)(=O)=O)cc2)cn(C[C@H](O)COc2ccc(F)cc2)c1-c1ccccc1Cl. The normalized spacial score (nSPS) is 12.2. The number of anilines is 1. The highest BCUT2D eigenvalue weighted by Gasteiger charge is 2.22. The number of carbonyl (C=O) groups is 1. The van der Waals surface area contributed by atoms with E-state index in [2.05, 4.69) is 5.32 Å². The molecule has 0 radical (unpaired) electrons. The first-order chi connectivity index (χ1) is 18.0. The van der Waals surface area contributed by atoms with E-state index < -0.39 is 21.8 Å². The minimum atomic E-state index is -3.36. The lowest BCUT2D eigenvalue weighted by Gasteiger charge is -2.17. The van der Waals surface area contributed by atoms with E-state index in [0.29, 0.717) is 38.8 Å². The molecule has 2 N–H and O–H groups in total. The third-order valence-corrected chi connectivity index (χ3v) is 7.37. The lowest BCUT2D eigenvalue weighted by molar-refractivity contribution is 0.0927. The standard InChI is InChI=1S/C28H26ClFN2O5S/c1-18-25(28(34)31-20-9-13-23(14-10-20)38(2,35)36)16-32(27(18)24-5-3-4-6-26(24)29)15-21(33)17-37-22-11-7-19(30)8-12-22/h3-14,16,21,33H,15,17H2,1-2H3,(H,31,34)/t21-/m0/s1. The van der Waals surface area contributed by atoms with Crippen molar-refractivity contribution in [3.05, 3.63) is 101 Å². The number of sulfone groups is 1. The van der Waals surface area contributed by atoms with Crippen molar-refractivity contribution in [1.29, 1.82) is 0 Å². The molecule has 0 spiro atoms. The van der Waals surface area contributed by atoms with Crippen LogP contribution in [0.1, 0.15) is 15.9 Å². The fraction of sp³-hybridized carbons (Fsp3) is 0.179. The van der Waals surface area contributed by atoms with E-state index >= 15 is 0 Å². The van der Waals surface area contributed by atoms with Gasteiger partial charge in [0, 0.05) is 28.7 Å². The number of hydrogen-bond acceptors (Lipinski definition) is 5. The van der Waals surface area contributed by atoms with Crippen molar-refractivity contribution < 1.29 is 27.4 Å². The molecule has 0 unspecified atom stereocenters. The molecule has 4 rings (SSSR count). The number of carbonyl (C=O) groups excluding carboxylic acids is 1. The highest BCUT2D eigenvalue weighted by molar-refractivity contribution is 7.90. The molecule has 1 atom stereocenters. The zero-order valence-electron chi connectivity index (χ0n) is 20.7. The van der Waals surface area contributed by atoms with Gasteiger partial charge in [-0.1, -0.05) is 29.8 Å². The fourth-order valence-electron chi connectivity index (χ4n) is 4.03. The average molecular weight is 557 g/mol. The maximum atomic E-state index is 13.2. The van der Waals surface area contributed by atoms with Crippen LogP contribution in [0.15, 0.2) is 83.9 Å². The molecule has 0 fully saturated rings. The summed E-state index contributed by atoms with van der Waals surface area (Å²) in [6.45, 7) is 1.83. The van der Waals surface area contributed by atoms with Crippen LogP contribution in [0.5, 0.6) is 5.75 Å². The molecule has 0 bridgehead atoms. The molecular formula is C28H26ClFN2O5S. The minimum Gasteiger partial charge on any atom is -0.491 e. The number of aliphatic hydroxyl groups is 1. The maximum absolute atomic E-state index is 13.2. The van der Waals surface area contributed by atoms with Crippen molar-refractivity contribution in [2.45, 2.75) is 24.5 Å². The maximum Gasteiger partial charge on any atom is 0.257 e. The molecule has 0 aliphatic rings. The predicted molar refractivity (Wildman–Crippen MR) is 145 cm³/mol. The van der Waals surface area contributed by atoms with Crippen molar-refractivity contribution >= 4 is 33.0 Å². The van der Waals surface area contributed by atoms with E-state index in [1.54, 1.807) is 29.8 Å². The molecule has 0 saturated carbocycles. The van der Waals surface area contributed by atoms with Crippen LogP contribution in [0.2, 0.25) is 5.02 Å². The van der Waals surface area contributed by atoms with E-state index in [4.69, 9.17) is 16.3 Å². The number of nitrogens with zero attached hydrogens (tertiary/aromatic N) is 1. The Labute approximate surface area is 225 Å². The van der Waals surface area contributed by atoms with Crippen molar-refractivity contribution in [1.82, 2.24) is 4.57 Å². The number of amides is 1. The zero-order valence-corrected chi connectivity index (χ0v) is 22.3. The van der Waals surface area contributed by atoms with Gasteiger partial charge in [0.15, 0.2) is 9.84 Å². The van der Waals surface area contributed by atoms with Crippen LogP contribution in [-0.2, 0) is 16.4 Å². The van der Waals surface area contributed by atoms with Crippen molar-refractivity contribution in [2.24, 2.45) is 0 Å². The smallest absolute Gasteiger partial charge is 0.257 e. The van der Waals surface area contributed by atoms with Gasteiger partial charge in [-0.15, -0.1) is 0 Å². The number of nitrogens with one attached hydrogen (secondary N) is 1. The Morgan fingerprint density at radius 3 is 2.37 bits per heavy atom. The summed E-state index contributed by atoms with van der Waals surface area (Å²) in [5, 5.41) is 14.0. The van der Waals surface area contributed by atoms with Crippen LogP contribution in [0.25, 0.3) is 11.3 Å². The summed E-state index contributed by atoms with van der Waals surface area (Å²) in [6, 6.07) is 18.6. The Hall–Kier alpha value is -3.66. The largest absolute Gasteiger partial charge is 0.491 e. The van der Waals surface area contributed by atoms with Crippen LogP contribution in [0.3, 0.4) is 0 Å². The molecule has 1 heterocycles. The first-order valence-electron chi connectivity index (χ1n) is 11.7. The van der Waals surface area contributed by atoms with Gasteiger partial charge < -0.3 is 19.7 Å². The predicted octanol–water partition coefficient (Wildman–Crippen LogP) is 5.35. The first kappa shape index (κ1) is 27.4. The Morgan fingerprint density at radius 1 is 1.08 bits per heavy atom. The van der Waals surface area contributed by atoms with Gasteiger partial charge in [0.05, 0.1) is 22.7 Å². The van der Waals surface area contributed by atoms with E-state index in [-0.39, 0.29) is 23.9 Å². The molecule has 4 aromatic rings. The Kier molecular flexibility index (Phi) is 8.20. The van der Waals surface area contributed by atoms with E-state index in [1.165, 1.54) is 48.5 Å². The van der Waals surface area contributed by atoms with Gasteiger partial charge in [-0.3, -0.25) is 4.79 Å². The molecule has 1 amide bonds. The molecule has 0 aliphatic carbocycles. The van der Waals surface area contributed by atoms with Gasteiger partial charge in [0.25, 0.3) is 5.91 Å². The number of rotatable bonds is 9. The minimum absolute atomic E-state index is 0.0565. The van der Waals surface area contributed by atoms with E-state index in [0.717, 1.165) is 6.26 Å². The summed E-state index contributed by atoms with van der Waals surface area (Å²) >= 11 is 6.48. The van der Waals surface area contributed by atoms with Crippen molar-refractivity contribution in [3.8, 4) is 17.0 Å². The summed E-state index contributed by atoms with van der Waals surface area (Å²) in [7, 11) is -3.36. The second-order valence-corrected chi connectivity index (χ2v) is 11.2. The van der Waals surface area contributed by atoms with Gasteiger partial charge in [-0.05, 0) is 67.1 Å². The second kappa shape index (κ2) is 11.4. The molecule has 7 nitrogen and oxygen atoms in total. The highest BCUT2D eigenvalue weighted by atomic mass is 35.5. The fourth-order valence-corrected chi connectivity index (χ4v) is 4.89. The summed E-state index contributed by atoms with van der Waals surface area (Å²) < 4.78 is 43.9. The summed E-state index contributed by atoms with van der Waals surface area (Å²) in [5.74, 6) is -0.372.